The molecular formula is C12H16ClF2NO2S. The van der Waals surface area contributed by atoms with E-state index in [1.165, 1.54) is 18.2 Å². The van der Waals surface area contributed by atoms with E-state index in [9.17, 15) is 17.2 Å². The molecule has 1 aromatic rings. The van der Waals surface area contributed by atoms with Crippen LogP contribution in [0.1, 0.15) is 20.3 Å². The number of hydrogen-bond acceptors (Lipinski definition) is 3. The van der Waals surface area contributed by atoms with Crippen LogP contribution in [0.5, 0.6) is 0 Å². The Kier molecular flexibility index (Phi) is 5.55. The van der Waals surface area contributed by atoms with Crippen molar-refractivity contribution >= 4 is 27.1 Å². The predicted octanol–water partition coefficient (Wildman–Crippen LogP) is 3.50. The quantitative estimate of drug-likeness (QED) is 0.818. The van der Waals surface area contributed by atoms with Crippen LogP contribution in [0.3, 0.4) is 0 Å². The molecule has 7 heteroatoms. The van der Waals surface area contributed by atoms with Gasteiger partial charge >= 0.3 is 5.76 Å². The van der Waals surface area contributed by atoms with Crippen LogP contribution < -0.4 is 5.32 Å². The molecule has 0 aliphatic heterocycles. The molecule has 1 rings (SSSR count). The van der Waals surface area contributed by atoms with Gasteiger partial charge in [-0.05, 0) is 32.4 Å². The molecule has 1 aromatic carbocycles. The van der Waals surface area contributed by atoms with Crippen molar-refractivity contribution in [1.82, 2.24) is 0 Å². The summed E-state index contributed by atoms with van der Waals surface area (Å²) >= 11 is 5.84. The number of anilines is 1. The fraction of sp³-hybridized carbons (Fsp3) is 0.500. The van der Waals surface area contributed by atoms with Crippen molar-refractivity contribution in [1.29, 1.82) is 0 Å². The lowest BCUT2D eigenvalue weighted by atomic mass is 10.2. The van der Waals surface area contributed by atoms with Gasteiger partial charge in [0.25, 0.3) is 0 Å². The molecule has 0 bridgehead atoms. The van der Waals surface area contributed by atoms with E-state index in [1.807, 2.05) is 13.8 Å². The van der Waals surface area contributed by atoms with Gasteiger partial charge in [0.15, 0.2) is 0 Å². The zero-order valence-corrected chi connectivity index (χ0v) is 12.2. The van der Waals surface area contributed by atoms with E-state index < -0.39 is 15.6 Å². The van der Waals surface area contributed by atoms with Gasteiger partial charge in [-0.3, -0.25) is 0 Å². The Hall–Kier alpha value is -0.880. The molecule has 0 heterocycles. The van der Waals surface area contributed by atoms with Gasteiger partial charge in [-0.15, -0.1) is 11.6 Å². The van der Waals surface area contributed by atoms with Gasteiger partial charge in [-0.1, -0.05) is 12.1 Å². The maximum atomic E-state index is 12.6. The van der Waals surface area contributed by atoms with Crippen molar-refractivity contribution < 1.29 is 17.2 Å². The van der Waals surface area contributed by atoms with Crippen molar-refractivity contribution in [2.24, 2.45) is 0 Å². The number of sulfone groups is 1. The summed E-state index contributed by atoms with van der Waals surface area (Å²) in [4.78, 5) is -0.390. The lowest BCUT2D eigenvalue weighted by molar-refractivity contribution is 0.235. The molecule has 3 nitrogen and oxygen atoms in total. The van der Waals surface area contributed by atoms with Crippen LogP contribution in [0.25, 0.3) is 0 Å². The molecule has 0 aromatic heterocycles. The Labute approximate surface area is 116 Å². The van der Waals surface area contributed by atoms with E-state index in [1.54, 1.807) is 6.07 Å². The standard InChI is InChI=1S/C12H16ClF2NO2S/c1-8(13)7-9(2)16-10-5-3-4-6-11(10)19(17,18)12(14)15/h3-6,8-9,12,16H,7H2,1-2H3. The van der Waals surface area contributed by atoms with Crippen molar-refractivity contribution in [3.8, 4) is 0 Å². The zero-order chi connectivity index (χ0) is 14.6. The molecule has 0 fully saturated rings. The van der Waals surface area contributed by atoms with Gasteiger partial charge < -0.3 is 5.32 Å². The van der Waals surface area contributed by atoms with Crippen LogP contribution in [0, 0.1) is 0 Å². The van der Waals surface area contributed by atoms with Crippen molar-refractivity contribution in [2.75, 3.05) is 5.32 Å². The minimum atomic E-state index is -4.61. The molecule has 0 radical (unpaired) electrons. The molecule has 0 amide bonds. The van der Waals surface area contributed by atoms with E-state index in [0.717, 1.165) is 0 Å². The number of alkyl halides is 3. The first-order valence-electron chi connectivity index (χ1n) is 5.77. The average molecular weight is 312 g/mol. The second-order valence-electron chi connectivity index (χ2n) is 4.36. The van der Waals surface area contributed by atoms with E-state index in [0.29, 0.717) is 6.42 Å². The smallest absolute Gasteiger partial charge is 0.341 e. The third-order valence-electron chi connectivity index (χ3n) is 2.51. The largest absolute Gasteiger partial charge is 0.381 e. The number of hydrogen-bond donors (Lipinski definition) is 1. The Bertz CT molecular complexity index is 520. The molecule has 1 N–H and O–H groups in total. The zero-order valence-electron chi connectivity index (χ0n) is 10.6. The fourth-order valence-corrected chi connectivity index (χ4v) is 2.90. The third kappa shape index (κ3) is 4.31. The van der Waals surface area contributed by atoms with E-state index >= 15 is 0 Å². The first kappa shape index (κ1) is 16.2. The summed E-state index contributed by atoms with van der Waals surface area (Å²) in [6.07, 6.45) is 0.588. The summed E-state index contributed by atoms with van der Waals surface area (Å²) in [6.45, 7) is 3.62. The van der Waals surface area contributed by atoms with Crippen LogP contribution in [-0.4, -0.2) is 25.6 Å². The first-order chi connectivity index (χ1) is 8.75. The minimum absolute atomic E-state index is 0.0960. The SMILES string of the molecule is CC(Cl)CC(C)Nc1ccccc1S(=O)(=O)C(F)F. The number of halogens is 3. The van der Waals surface area contributed by atoms with Gasteiger partial charge in [-0.25, -0.2) is 8.42 Å². The molecule has 0 saturated heterocycles. The lowest BCUT2D eigenvalue weighted by Crippen LogP contribution is -2.21. The summed E-state index contributed by atoms with van der Waals surface area (Å²) in [5, 5.41) is 2.81. The molecular weight excluding hydrogens is 296 g/mol. The summed E-state index contributed by atoms with van der Waals surface area (Å²) in [5.74, 6) is -3.43. The predicted molar refractivity (Wildman–Crippen MR) is 72.6 cm³/mol. The highest BCUT2D eigenvalue weighted by Gasteiger charge is 2.29. The Morgan fingerprint density at radius 1 is 1.26 bits per heavy atom. The van der Waals surface area contributed by atoms with E-state index in [4.69, 9.17) is 11.6 Å². The maximum Gasteiger partial charge on any atom is 0.341 e. The fourth-order valence-electron chi connectivity index (χ4n) is 1.74. The van der Waals surface area contributed by atoms with Crippen molar-refractivity contribution in [3.63, 3.8) is 0 Å². The molecule has 0 saturated carbocycles. The van der Waals surface area contributed by atoms with Gasteiger partial charge in [0.05, 0.1) is 10.6 Å². The maximum absolute atomic E-state index is 12.6. The molecule has 0 spiro atoms. The highest BCUT2D eigenvalue weighted by molar-refractivity contribution is 7.91. The van der Waals surface area contributed by atoms with Gasteiger partial charge in [-0.2, -0.15) is 8.78 Å². The van der Waals surface area contributed by atoms with Crippen LogP contribution in [0.4, 0.5) is 14.5 Å². The summed E-state index contributed by atoms with van der Waals surface area (Å²) in [7, 11) is -4.61. The molecule has 0 aliphatic rings. The van der Waals surface area contributed by atoms with Crippen LogP contribution in [-0.2, 0) is 9.84 Å². The topological polar surface area (TPSA) is 46.2 Å². The number of rotatable bonds is 6. The highest BCUT2D eigenvalue weighted by Crippen LogP contribution is 2.27. The second kappa shape index (κ2) is 6.52. The van der Waals surface area contributed by atoms with Gasteiger partial charge in [0.2, 0.25) is 9.84 Å². The Balaban J connectivity index is 3.04. The molecule has 0 aliphatic carbocycles. The Morgan fingerprint density at radius 2 is 1.84 bits per heavy atom. The summed E-state index contributed by atoms with van der Waals surface area (Å²) < 4.78 is 48.3. The minimum Gasteiger partial charge on any atom is -0.381 e. The molecule has 2 unspecified atom stereocenters. The number of nitrogens with one attached hydrogen (secondary N) is 1. The summed E-state index contributed by atoms with van der Waals surface area (Å²) in [6, 6.07) is 5.51. The lowest BCUT2D eigenvalue weighted by Gasteiger charge is -2.18. The second-order valence-corrected chi connectivity index (χ2v) is 6.99. The van der Waals surface area contributed by atoms with E-state index in [-0.39, 0.29) is 22.0 Å². The van der Waals surface area contributed by atoms with Crippen LogP contribution >= 0.6 is 11.6 Å². The molecule has 2 atom stereocenters. The third-order valence-corrected chi connectivity index (χ3v) is 4.12. The van der Waals surface area contributed by atoms with Crippen LogP contribution in [0.15, 0.2) is 29.2 Å². The average Bonchev–Trinajstić information content (AvgIpc) is 2.27. The van der Waals surface area contributed by atoms with Crippen molar-refractivity contribution in [3.05, 3.63) is 24.3 Å². The van der Waals surface area contributed by atoms with Gasteiger partial charge in [0, 0.05) is 11.4 Å². The van der Waals surface area contributed by atoms with Gasteiger partial charge in [0.1, 0.15) is 0 Å². The normalized spacial score (nSPS) is 15.3. The van der Waals surface area contributed by atoms with E-state index in [2.05, 4.69) is 5.32 Å². The Morgan fingerprint density at radius 3 is 2.37 bits per heavy atom. The molecule has 108 valence electrons. The van der Waals surface area contributed by atoms with Crippen molar-refractivity contribution in [2.45, 2.75) is 42.3 Å². The number of para-hydroxylation sites is 1. The first-order valence-corrected chi connectivity index (χ1v) is 7.75. The molecule has 19 heavy (non-hydrogen) atoms. The summed E-state index contributed by atoms with van der Waals surface area (Å²) in [5.41, 5.74) is 0.174. The van der Waals surface area contributed by atoms with Crippen LogP contribution in [0.2, 0.25) is 0 Å². The number of benzene rings is 1. The highest BCUT2D eigenvalue weighted by atomic mass is 35.5. The monoisotopic (exact) mass is 311 g/mol.